The van der Waals surface area contributed by atoms with Crippen molar-refractivity contribution in [2.24, 2.45) is 0 Å². The molecule has 0 fully saturated rings. The summed E-state index contributed by atoms with van der Waals surface area (Å²) in [6.45, 7) is 5.15. The van der Waals surface area contributed by atoms with Crippen molar-refractivity contribution in [2.45, 2.75) is 13.8 Å². The van der Waals surface area contributed by atoms with Crippen LogP contribution in [-0.2, 0) is 0 Å². The predicted octanol–water partition coefficient (Wildman–Crippen LogP) is 4.69. The fourth-order valence-corrected chi connectivity index (χ4v) is 3.35. The Hall–Kier alpha value is -2.99. The molecule has 0 aliphatic carbocycles. The van der Waals surface area contributed by atoms with E-state index in [2.05, 4.69) is 5.10 Å². The van der Waals surface area contributed by atoms with Crippen LogP contribution in [0, 0.1) is 0 Å². The van der Waals surface area contributed by atoms with Gasteiger partial charge in [0.2, 0.25) is 0 Å². The van der Waals surface area contributed by atoms with Crippen LogP contribution in [-0.4, -0.2) is 47.9 Å². The summed E-state index contributed by atoms with van der Waals surface area (Å²) in [6, 6.07) is 12.9. The molecule has 0 N–H and O–H groups in total. The van der Waals surface area contributed by atoms with E-state index in [1.54, 1.807) is 42.1 Å². The van der Waals surface area contributed by atoms with Gasteiger partial charge in [0.05, 0.1) is 37.4 Å². The average Bonchev–Trinajstić information content (AvgIpc) is 3.19. The maximum Gasteiger partial charge on any atom is 0.257 e. The van der Waals surface area contributed by atoms with E-state index in [9.17, 15) is 4.79 Å². The van der Waals surface area contributed by atoms with E-state index < -0.39 is 0 Å². The molecule has 0 aliphatic heterocycles. The third-order valence-electron chi connectivity index (χ3n) is 4.78. The molecule has 0 bridgehead atoms. The van der Waals surface area contributed by atoms with Crippen molar-refractivity contribution in [1.82, 2.24) is 14.7 Å². The number of nitrogens with zero attached hydrogens (tertiary/aromatic N) is 3. The molecule has 6 nitrogen and oxygen atoms in total. The van der Waals surface area contributed by atoms with Gasteiger partial charge in [0.25, 0.3) is 5.91 Å². The Labute approximate surface area is 175 Å². The maximum absolute atomic E-state index is 13.2. The molecule has 3 aromatic rings. The first-order valence-corrected chi connectivity index (χ1v) is 9.77. The number of carbonyl (C=O) groups excluding carboxylic acids is 1. The second-order valence-electron chi connectivity index (χ2n) is 6.34. The van der Waals surface area contributed by atoms with Crippen LogP contribution < -0.4 is 9.47 Å². The van der Waals surface area contributed by atoms with E-state index in [1.165, 1.54) is 0 Å². The Morgan fingerprint density at radius 1 is 1.03 bits per heavy atom. The number of amides is 1. The lowest BCUT2D eigenvalue weighted by Gasteiger charge is -2.19. The number of ether oxygens (including phenoxy) is 2. The van der Waals surface area contributed by atoms with Crippen LogP contribution in [0.15, 0.2) is 48.7 Å². The van der Waals surface area contributed by atoms with Crippen LogP contribution in [0.4, 0.5) is 0 Å². The lowest BCUT2D eigenvalue weighted by molar-refractivity contribution is 0.0774. The van der Waals surface area contributed by atoms with Crippen molar-refractivity contribution in [1.29, 1.82) is 0 Å². The number of methoxy groups -OCH3 is 2. The van der Waals surface area contributed by atoms with Gasteiger partial charge in [-0.1, -0.05) is 11.6 Å². The van der Waals surface area contributed by atoms with Gasteiger partial charge in [-0.15, -0.1) is 0 Å². The number of aromatic nitrogens is 2. The number of benzene rings is 2. The Morgan fingerprint density at radius 3 is 2.28 bits per heavy atom. The zero-order valence-electron chi connectivity index (χ0n) is 17.0. The summed E-state index contributed by atoms with van der Waals surface area (Å²) in [5.74, 6) is 1.13. The van der Waals surface area contributed by atoms with Crippen molar-refractivity contribution in [3.63, 3.8) is 0 Å². The van der Waals surface area contributed by atoms with Crippen LogP contribution in [0.5, 0.6) is 11.5 Å². The fraction of sp³-hybridized carbons (Fsp3) is 0.273. The van der Waals surface area contributed by atoms with Crippen LogP contribution in [0.2, 0.25) is 5.02 Å². The number of rotatable bonds is 7. The highest BCUT2D eigenvalue weighted by Crippen LogP contribution is 2.35. The van der Waals surface area contributed by atoms with E-state index in [0.29, 0.717) is 40.9 Å². The highest BCUT2D eigenvalue weighted by Gasteiger charge is 2.24. The molecule has 152 valence electrons. The highest BCUT2D eigenvalue weighted by molar-refractivity contribution is 6.30. The van der Waals surface area contributed by atoms with Crippen molar-refractivity contribution in [3.05, 3.63) is 59.2 Å². The van der Waals surface area contributed by atoms with Crippen molar-refractivity contribution >= 4 is 17.5 Å². The predicted molar refractivity (Wildman–Crippen MR) is 114 cm³/mol. The SMILES string of the molecule is CCN(CC)C(=O)c1cnn(-c2ccc(Cl)cc2)c1-c1ccc(OC)c(OC)c1. The van der Waals surface area contributed by atoms with Gasteiger partial charge < -0.3 is 14.4 Å². The standard InChI is InChI=1S/C22H24ClN3O3/c1-5-25(6-2)22(27)18-14-24-26(17-10-8-16(23)9-11-17)21(18)15-7-12-19(28-3)20(13-15)29-4/h7-14H,5-6H2,1-4H3. The molecule has 2 aromatic carbocycles. The van der Waals surface area contributed by atoms with E-state index in [-0.39, 0.29) is 5.91 Å². The fourth-order valence-electron chi connectivity index (χ4n) is 3.23. The average molecular weight is 414 g/mol. The third-order valence-corrected chi connectivity index (χ3v) is 5.03. The summed E-state index contributed by atoms with van der Waals surface area (Å²) in [4.78, 5) is 14.9. The van der Waals surface area contributed by atoms with Gasteiger partial charge >= 0.3 is 0 Å². The molecule has 0 saturated heterocycles. The summed E-state index contributed by atoms with van der Waals surface area (Å²) < 4.78 is 12.6. The first-order valence-electron chi connectivity index (χ1n) is 9.39. The summed E-state index contributed by atoms with van der Waals surface area (Å²) in [7, 11) is 3.17. The minimum Gasteiger partial charge on any atom is -0.493 e. The Morgan fingerprint density at radius 2 is 1.69 bits per heavy atom. The van der Waals surface area contributed by atoms with Crippen molar-refractivity contribution in [3.8, 4) is 28.4 Å². The van der Waals surface area contributed by atoms with E-state index in [4.69, 9.17) is 21.1 Å². The minimum atomic E-state index is -0.0694. The van der Waals surface area contributed by atoms with E-state index in [1.807, 2.05) is 44.2 Å². The van der Waals surface area contributed by atoms with Gasteiger partial charge in [-0.05, 0) is 56.3 Å². The lowest BCUT2D eigenvalue weighted by Crippen LogP contribution is -2.30. The van der Waals surface area contributed by atoms with Crippen LogP contribution in [0.1, 0.15) is 24.2 Å². The topological polar surface area (TPSA) is 56.6 Å². The molecule has 1 amide bonds. The zero-order valence-corrected chi connectivity index (χ0v) is 17.7. The van der Waals surface area contributed by atoms with Gasteiger partial charge in [0.15, 0.2) is 11.5 Å². The smallest absolute Gasteiger partial charge is 0.257 e. The van der Waals surface area contributed by atoms with Crippen LogP contribution >= 0.6 is 11.6 Å². The molecule has 0 saturated carbocycles. The summed E-state index contributed by atoms with van der Waals surface area (Å²) in [5, 5.41) is 5.15. The molecular weight excluding hydrogens is 390 g/mol. The number of hydrogen-bond donors (Lipinski definition) is 0. The minimum absolute atomic E-state index is 0.0694. The first kappa shape index (κ1) is 20.7. The molecule has 1 heterocycles. The molecule has 29 heavy (non-hydrogen) atoms. The molecule has 7 heteroatoms. The molecule has 0 atom stereocenters. The van der Waals surface area contributed by atoms with Crippen LogP contribution in [0.3, 0.4) is 0 Å². The Balaban J connectivity index is 2.22. The Kier molecular flexibility index (Phi) is 6.44. The molecule has 0 radical (unpaired) electrons. The number of carbonyl (C=O) groups is 1. The van der Waals surface area contributed by atoms with Crippen molar-refractivity contribution < 1.29 is 14.3 Å². The van der Waals surface area contributed by atoms with Gasteiger partial charge in [-0.2, -0.15) is 5.10 Å². The normalized spacial score (nSPS) is 10.7. The van der Waals surface area contributed by atoms with Gasteiger partial charge in [0.1, 0.15) is 0 Å². The summed E-state index contributed by atoms with van der Waals surface area (Å²) in [5.41, 5.74) is 2.81. The van der Waals surface area contributed by atoms with E-state index in [0.717, 1.165) is 11.3 Å². The number of hydrogen-bond acceptors (Lipinski definition) is 4. The number of halogens is 1. The third kappa shape index (κ3) is 4.07. The Bertz CT molecular complexity index is 995. The second kappa shape index (κ2) is 9.01. The highest BCUT2D eigenvalue weighted by atomic mass is 35.5. The lowest BCUT2D eigenvalue weighted by atomic mass is 10.1. The van der Waals surface area contributed by atoms with E-state index >= 15 is 0 Å². The first-order chi connectivity index (χ1) is 14.0. The molecule has 0 unspecified atom stereocenters. The second-order valence-corrected chi connectivity index (χ2v) is 6.78. The molecule has 1 aromatic heterocycles. The van der Waals surface area contributed by atoms with Gasteiger partial charge in [-0.3, -0.25) is 4.79 Å². The maximum atomic E-state index is 13.2. The monoisotopic (exact) mass is 413 g/mol. The molecular formula is C22H24ClN3O3. The molecule has 0 spiro atoms. The van der Waals surface area contributed by atoms with Crippen molar-refractivity contribution in [2.75, 3.05) is 27.3 Å². The van der Waals surface area contributed by atoms with Crippen LogP contribution in [0.25, 0.3) is 16.9 Å². The molecule has 0 aliphatic rings. The summed E-state index contributed by atoms with van der Waals surface area (Å²) in [6.07, 6.45) is 1.61. The zero-order chi connectivity index (χ0) is 21.0. The van der Waals surface area contributed by atoms with Gasteiger partial charge in [-0.25, -0.2) is 4.68 Å². The quantitative estimate of drug-likeness (QED) is 0.563. The largest absolute Gasteiger partial charge is 0.493 e. The summed E-state index contributed by atoms with van der Waals surface area (Å²) >= 11 is 6.04. The van der Waals surface area contributed by atoms with Gasteiger partial charge in [0, 0.05) is 23.7 Å². The molecule has 3 rings (SSSR count).